The largest absolute Gasteiger partial charge is 0.319 e. The van der Waals surface area contributed by atoms with Crippen LogP contribution < -0.4 is 0 Å². The molecule has 1 aromatic heterocycles. The number of hydrogen-bond donors (Lipinski definition) is 0. The highest BCUT2D eigenvalue weighted by molar-refractivity contribution is 5.96. The Kier molecular flexibility index (Phi) is 3.98. The molecule has 21 heavy (non-hydrogen) atoms. The van der Waals surface area contributed by atoms with Gasteiger partial charge in [-0.05, 0) is 44.2 Å². The van der Waals surface area contributed by atoms with Gasteiger partial charge in [0, 0.05) is 36.6 Å². The monoisotopic (exact) mass is 289 g/mol. The molecule has 0 saturated heterocycles. The van der Waals surface area contributed by atoms with Crippen molar-refractivity contribution < 1.29 is 13.2 Å². The van der Waals surface area contributed by atoms with E-state index in [2.05, 4.69) is 4.99 Å². The van der Waals surface area contributed by atoms with E-state index in [0.29, 0.717) is 5.69 Å². The van der Waals surface area contributed by atoms with E-state index < -0.39 is 18.4 Å². The molecular weight excluding hydrogens is 276 g/mol. The smallest absolute Gasteiger partial charge is 0.227 e. The van der Waals surface area contributed by atoms with Gasteiger partial charge in [0.2, 0.25) is 12.3 Å². The summed E-state index contributed by atoms with van der Waals surface area (Å²) in [5.74, 6) is -0.950. The Morgan fingerprint density at radius 3 is 2.29 bits per heavy atom. The second-order valence-electron chi connectivity index (χ2n) is 4.92. The number of nitrogens with zero attached hydrogens (tertiary/aromatic N) is 2. The summed E-state index contributed by atoms with van der Waals surface area (Å²) in [6, 6.07) is 8.48. The average molecular weight is 289 g/mol. The first-order valence-corrected chi connectivity index (χ1v) is 6.30. The van der Waals surface area contributed by atoms with Crippen LogP contribution in [-0.4, -0.2) is 25.2 Å². The van der Waals surface area contributed by atoms with Gasteiger partial charge >= 0.3 is 0 Å². The number of halogens is 3. The summed E-state index contributed by atoms with van der Waals surface area (Å²) in [7, 11) is 0. The topological polar surface area (TPSA) is 17.3 Å². The van der Waals surface area contributed by atoms with E-state index in [9.17, 15) is 13.2 Å². The van der Waals surface area contributed by atoms with Crippen LogP contribution in [-0.2, 0) is 0 Å². The van der Waals surface area contributed by atoms with E-state index in [0.717, 1.165) is 11.4 Å². The standard InChI is InChI=1S/C15H13F3N2.B/c1-8-3-4-9(2)20(8)10-5-6-11-12(7-10)13(16)15(18)19-14(11)17;/h3-7,13,15H,1-2H3;. The molecule has 1 aromatic carbocycles. The van der Waals surface area contributed by atoms with Crippen LogP contribution in [0.3, 0.4) is 0 Å². The van der Waals surface area contributed by atoms with Crippen LogP contribution in [0.5, 0.6) is 0 Å². The highest BCUT2D eigenvalue weighted by Gasteiger charge is 2.31. The first-order valence-electron chi connectivity index (χ1n) is 6.30. The van der Waals surface area contributed by atoms with Crippen molar-refractivity contribution in [2.24, 2.45) is 4.99 Å². The maximum atomic E-state index is 13.9. The Morgan fingerprint density at radius 2 is 1.67 bits per heavy atom. The predicted molar refractivity (Wildman–Crippen MR) is 77.4 cm³/mol. The zero-order chi connectivity index (χ0) is 14.4. The quantitative estimate of drug-likeness (QED) is 0.562. The number of fused-ring (bicyclic) bond motifs is 1. The summed E-state index contributed by atoms with van der Waals surface area (Å²) in [4.78, 5) is 3.03. The Morgan fingerprint density at radius 1 is 1.05 bits per heavy atom. The van der Waals surface area contributed by atoms with Crippen molar-refractivity contribution in [1.82, 2.24) is 4.57 Å². The van der Waals surface area contributed by atoms with Gasteiger partial charge in [0.25, 0.3) is 0 Å². The molecule has 3 radical (unpaired) electrons. The van der Waals surface area contributed by atoms with Gasteiger partial charge in [-0.3, -0.25) is 0 Å². The normalized spacial score (nSPS) is 20.5. The average Bonchev–Trinajstić information content (AvgIpc) is 2.75. The first-order chi connectivity index (χ1) is 9.49. The van der Waals surface area contributed by atoms with Crippen molar-refractivity contribution in [1.29, 1.82) is 0 Å². The molecule has 2 unspecified atom stereocenters. The lowest BCUT2D eigenvalue weighted by molar-refractivity contribution is 0.171. The fraction of sp³-hybridized carbons (Fsp3) is 0.267. The van der Waals surface area contributed by atoms with Crippen molar-refractivity contribution in [2.45, 2.75) is 26.3 Å². The molecule has 0 saturated carbocycles. The Balaban J connectivity index is 0.00000161. The van der Waals surface area contributed by atoms with Crippen LogP contribution in [0.15, 0.2) is 35.3 Å². The maximum Gasteiger partial charge on any atom is 0.227 e. The van der Waals surface area contributed by atoms with E-state index >= 15 is 0 Å². The van der Waals surface area contributed by atoms with Gasteiger partial charge < -0.3 is 4.57 Å². The molecule has 0 amide bonds. The van der Waals surface area contributed by atoms with E-state index in [1.54, 1.807) is 6.07 Å². The number of alkyl halides is 2. The van der Waals surface area contributed by atoms with Crippen molar-refractivity contribution in [3.63, 3.8) is 0 Å². The molecule has 6 heteroatoms. The molecule has 0 aliphatic carbocycles. The fourth-order valence-corrected chi connectivity index (χ4v) is 2.57. The summed E-state index contributed by atoms with van der Waals surface area (Å²) < 4.78 is 42.7. The molecular formula is C15H13BF3N2. The van der Waals surface area contributed by atoms with Crippen molar-refractivity contribution in [2.75, 3.05) is 0 Å². The third-order valence-corrected chi connectivity index (χ3v) is 3.56. The highest BCUT2D eigenvalue weighted by Crippen LogP contribution is 2.34. The Bertz CT molecular complexity index is 689. The summed E-state index contributed by atoms with van der Waals surface area (Å²) in [5.41, 5.74) is 2.67. The third kappa shape index (κ3) is 2.39. The van der Waals surface area contributed by atoms with Gasteiger partial charge in [-0.25, -0.2) is 13.8 Å². The van der Waals surface area contributed by atoms with Crippen molar-refractivity contribution in [3.8, 4) is 5.69 Å². The summed E-state index contributed by atoms with van der Waals surface area (Å²) >= 11 is 0. The van der Waals surface area contributed by atoms with Crippen molar-refractivity contribution in [3.05, 3.63) is 52.8 Å². The van der Waals surface area contributed by atoms with Gasteiger partial charge in [-0.15, -0.1) is 0 Å². The van der Waals surface area contributed by atoms with Crippen molar-refractivity contribution >= 4 is 14.4 Å². The molecule has 1 aliphatic rings. The van der Waals surface area contributed by atoms with Crippen LogP contribution in [0.1, 0.15) is 28.7 Å². The number of rotatable bonds is 1. The number of aryl methyl sites for hydroxylation is 2. The van der Waals surface area contributed by atoms with Crippen LogP contribution >= 0.6 is 0 Å². The molecule has 2 nitrogen and oxygen atoms in total. The Labute approximate surface area is 122 Å². The van der Waals surface area contributed by atoms with E-state index in [4.69, 9.17) is 0 Å². The molecule has 0 spiro atoms. The summed E-state index contributed by atoms with van der Waals surface area (Å²) in [6.07, 6.45) is -4.11. The Hall–Kier alpha value is -1.98. The second-order valence-corrected chi connectivity index (χ2v) is 4.92. The van der Waals surface area contributed by atoms with Gasteiger partial charge in [-0.2, -0.15) is 4.39 Å². The minimum atomic E-state index is -2.18. The molecule has 107 valence electrons. The zero-order valence-corrected chi connectivity index (χ0v) is 11.6. The van der Waals surface area contributed by atoms with Crippen LogP contribution in [0, 0.1) is 13.8 Å². The number of aromatic nitrogens is 1. The lowest BCUT2D eigenvalue weighted by Crippen LogP contribution is -2.19. The van der Waals surface area contributed by atoms with E-state index in [1.165, 1.54) is 12.1 Å². The molecule has 0 fully saturated rings. The lowest BCUT2D eigenvalue weighted by atomic mass is 9.99. The zero-order valence-electron chi connectivity index (χ0n) is 11.6. The SMILES string of the molecule is Cc1ccc(C)n1-c1ccc2c(c1)C(F)C(F)N=C2F.[B]. The molecule has 2 heterocycles. The number of hydrogen-bond acceptors (Lipinski definition) is 1. The van der Waals surface area contributed by atoms with Crippen LogP contribution in [0.2, 0.25) is 0 Å². The summed E-state index contributed by atoms with van der Waals surface area (Å²) in [5, 5.41) is 0. The third-order valence-electron chi connectivity index (χ3n) is 3.56. The van der Waals surface area contributed by atoms with Crippen LogP contribution in [0.4, 0.5) is 13.2 Å². The van der Waals surface area contributed by atoms with Crippen LogP contribution in [0.25, 0.3) is 5.69 Å². The van der Waals surface area contributed by atoms with E-state index in [1.807, 2.05) is 30.5 Å². The van der Waals surface area contributed by atoms with Gasteiger partial charge in [0.1, 0.15) is 0 Å². The maximum absolute atomic E-state index is 13.9. The minimum Gasteiger partial charge on any atom is -0.319 e. The number of benzene rings is 1. The summed E-state index contributed by atoms with van der Waals surface area (Å²) in [6.45, 7) is 3.83. The van der Waals surface area contributed by atoms with Gasteiger partial charge in [0.15, 0.2) is 6.17 Å². The number of aliphatic imine (C=N–C) groups is 1. The predicted octanol–water partition coefficient (Wildman–Crippen LogP) is 3.75. The molecule has 0 N–H and O–H groups in total. The van der Waals surface area contributed by atoms with Gasteiger partial charge in [0.05, 0.1) is 0 Å². The fourth-order valence-electron chi connectivity index (χ4n) is 2.57. The molecule has 2 atom stereocenters. The second kappa shape index (κ2) is 5.43. The van der Waals surface area contributed by atoms with E-state index in [-0.39, 0.29) is 19.5 Å². The first kappa shape index (κ1) is 15.4. The molecule has 0 bridgehead atoms. The highest BCUT2D eigenvalue weighted by atomic mass is 19.2. The molecule has 2 aromatic rings. The minimum absolute atomic E-state index is 0. The van der Waals surface area contributed by atoms with Gasteiger partial charge in [-0.1, -0.05) is 0 Å². The lowest BCUT2D eigenvalue weighted by Gasteiger charge is -2.20. The molecule has 1 aliphatic heterocycles. The molecule has 3 rings (SSSR count).